The second kappa shape index (κ2) is 5.94. The maximum absolute atomic E-state index is 12.1. The Balaban J connectivity index is 1.72. The van der Waals surface area contributed by atoms with Gasteiger partial charge in [-0.05, 0) is 42.3 Å². The first-order valence-electron chi connectivity index (χ1n) is 6.59. The highest BCUT2D eigenvalue weighted by atomic mass is 35.5. The molecule has 2 heterocycles. The van der Waals surface area contributed by atoms with Crippen molar-refractivity contribution in [2.75, 3.05) is 11.9 Å². The molecule has 3 rings (SSSR count). The molecule has 8 heteroatoms. The van der Waals surface area contributed by atoms with E-state index in [1.807, 2.05) is 12.1 Å². The van der Waals surface area contributed by atoms with E-state index in [0.29, 0.717) is 17.3 Å². The number of halogens is 1. The third kappa shape index (κ3) is 3.20. The molecule has 0 spiro atoms. The molecular formula is C14H13ClN4O2S. The average molecular weight is 337 g/mol. The van der Waals surface area contributed by atoms with Gasteiger partial charge in [-0.1, -0.05) is 11.6 Å². The minimum absolute atomic E-state index is 0.122. The Bertz CT molecular complexity index is 822. The number of fused-ring (bicyclic) bond motifs is 1. The first-order valence-corrected chi connectivity index (χ1v) is 8.41. The number of hydrogen-bond acceptors (Lipinski definition) is 5. The van der Waals surface area contributed by atoms with Crippen molar-refractivity contribution in [1.82, 2.24) is 10.3 Å². The quantitative estimate of drug-likeness (QED) is 0.896. The second-order valence-corrected chi connectivity index (χ2v) is 6.72. The maximum atomic E-state index is 12.1. The lowest BCUT2D eigenvalue weighted by atomic mass is 10.2. The number of nitrogens with one attached hydrogen (secondary N) is 2. The van der Waals surface area contributed by atoms with E-state index in [1.165, 1.54) is 12.1 Å². The average Bonchev–Trinajstić information content (AvgIpc) is 2.47. The van der Waals surface area contributed by atoms with Crippen molar-refractivity contribution in [3.8, 4) is 0 Å². The molecular weight excluding hydrogens is 324 g/mol. The largest absolute Gasteiger partial charge is 0.355 e. The van der Waals surface area contributed by atoms with Crippen LogP contribution in [0.3, 0.4) is 0 Å². The fourth-order valence-electron chi connectivity index (χ4n) is 2.10. The summed E-state index contributed by atoms with van der Waals surface area (Å²) in [5.74, 6) is 0.198. The molecule has 1 aliphatic rings. The van der Waals surface area contributed by atoms with E-state index in [4.69, 9.17) is 11.6 Å². The number of guanidine groups is 1. The molecule has 0 aliphatic carbocycles. The van der Waals surface area contributed by atoms with Gasteiger partial charge in [0, 0.05) is 24.0 Å². The van der Waals surface area contributed by atoms with Crippen LogP contribution in [-0.2, 0) is 16.4 Å². The first kappa shape index (κ1) is 14.8. The fourth-order valence-corrected chi connectivity index (χ4v) is 3.34. The maximum Gasteiger partial charge on any atom is 0.287 e. The Hall–Kier alpha value is -2.12. The molecule has 2 aromatic rings. The highest BCUT2D eigenvalue weighted by Gasteiger charge is 2.24. The summed E-state index contributed by atoms with van der Waals surface area (Å²) in [6, 6.07) is 8.34. The lowest BCUT2D eigenvalue weighted by Crippen LogP contribution is -2.35. The zero-order chi connectivity index (χ0) is 15.6. The van der Waals surface area contributed by atoms with Gasteiger partial charge >= 0.3 is 0 Å². The fraction of sp³-hybridized carbons (Fsp3) is 0.143. The van der Waals surface area contributed by atoms with E-state index in [2.05, 4.69) is 20.0 Å². The van der Waals surface area contributed by atoms with E-state index in [-0.39, 0.29) is 10.9 Å². The summed E-state index contributed by atoms with van der Waals surface area (Å²) in [7, 11) is -3.71. The van der Waals surface area contributed by atoms with E-state index in [9.17, 15) is 8.42 Å². The molecule has 1 aromatic heterocycles. The summed E-state index contributed by atoms with van der Waals surface area (Å²) in [6.07, 6.45) is 4.16. The van der Waals surface area contributed by atoms with Crippen molar-refractivity contribution in [3.05, 3.63) is 53.3 Å². The van der Waals surface area contributed by atoms with Crippen molar-refractivity contribution >= 4 is 33.3 Å². The van der Waals surface area contributed by atoms with Gasteiger partial charge in [-0.3, -0.25) is 4.98 Å². The Kier molecular flexibility index (Phi) is 4.00. The molecule has 0 bridgehead atoms. The molecule has 6 nitrogen and oxygen atoms in total. The standard InChI is InChI=1S/C14H13ClN4O2S/c15-11-1-2-13-12(9-11)18-14(19-22(13,20)21)17-8-5-10-3-6-16-7-4-10/h1-4,6-7,9H,5,8H2,(H2,17,18,19). The van der Waals surface area contributed by atoms with Crippen molar-refractivity contribution < 1.29 is 8.42 Å². The number of rotatable bonds is 3. The number of sulfonamides is 1. The third-order valence-electron chi connectivity index (χ3n) is 3.14. The van der Waals surface area contributed by atoms with Crippen LogP contribution in [0.4, 0.5) is 5.69 Å². The second-order valence-electron chi connectivity index (χ2n) is 4.71. The molecule has 22 heavy (non-hydrogen) atoms. The Morgan fingerprint density at radius 3 is 2.73 bits per heavy atom. The molecule has 2 N–H and O–H groups in total. The number of benzene rings is 1. The number of hydrogen-bond donors (Lipinski definition) is 2. The Labute approximate surface area is 133 Å². The van der Waals surface area contributed by atoms with E-state index < -0.39 is 10.0 Å². The smallest absolute Gasteiger partial charge is 0.287 e. The van der Waals surface area contributed by atoms with Gasteiger partial charge in [0.25, 0.3) is 10.0 Å². The summed E-state index contributed by atoms with van der Waals surface area (Å²) in [5.41, 5.74) is 1.53. The van der Waals surface area contributed by atoms with Gasteiger partial charge < -0.3 is 10.6 Å². The third-order valence-corrected chi connectivity index (χ3v) is 4.71. The molecule has 0 unspecified atom stereocenters. The molecule has 0 fully saturated rings. The van der Waals surface area contributed by atoms with Crippen LogP contribution in [0.2, 0.25) is 5.02 Å². The number of anilines is 1. The van der Waals surface area contributed by atoms with Gasteiger partial charge in [0.1, 0.15) is 4.90 Å². The predicted molar refractivity (Wildman–Crippen MR) is 85.6 cm³/mol. The molecule has 0 amide bonds. The molecule has 0 saturated heterocycles. The van der Waals surface area contributed by atoms with Crippen LogP contribution >= 0.6 is 11.6 Å². The molecule has 0 atom stereocenters. The molecule has 1 aromatic carbocycles. The van der Waals surface area contributed by atoms with E-state index in [0.717, 1.165) is 12.0 Å². The van der Waals surface area contributed by atoms with Gasteiger partial charge in [-0.25, -0.2) is 0 Å². The molecule has 1 aliphatic heterocycles. The highest BCUT2D eigenvalue weighted by molar-refractivity contribution is 7.90. The zero-order valence-electron chi connectivity index (χ0n) is 11.5. The van der Waals surface area contributed by atoms with Crippen molar-refractivity contribution in [1.29, 1.82) is 0 Å². The summed E-state index contributed by atoms with van der Waals surface area (Å²) in [5, 5.41) is 6.38. The molecule has 0 saturated carbocycles. The van der Waals surface area contributed by atoms with Gasteiger partial charge in [0.15, 0.2) is 0 Å². The van der Waals surface area contributed by atoms with Crippen LogP contribution in [0.1, 0.15) is 5.56 Å². The van der Waals surface area contributed by atoms with E-state index in [1.54, 1.807) is 18.5 Å². The summed E-state index contributed by atoms with van der Waals surface area (Å²) >= 11 is 5.90. The van der Waals surface area contributed by atoms with Crippen LogP contribution in [0, 0.1) is 0 Å². The van der Waals surface area contributed by atoms with Crippen LogP contribution in [0.5, 0.6) is 0 Å². The zero-order valence-corrected chi connectivity index (χ0v) is 13.0. The SMILES string of the molecule is O=S1(=O)N=C(NCCc2ccncc2)Nc2cc(Cl)ccc21. The van der Waals surface area contributed by atoms with Crippen molar-refractivity contribution in [2.24, 2.45) is 4.40 Å². The van der Waals surface area contributed by atoms with Crippen LogP contribution in [0.15, 0.2) is 52.0 Å². The number of nitrogens with zero attached hydrogens (tertiary/aromatic N) is 2. The predicted octanol–water partition coefficient (Wildman–Crippen LogP) is 2.04. The lowest BCUT2D eigenvalue weighted by Gasteiger charge is -2.19. The van der Waals surface area contributed by atoms with Crippen LogP contribution in [-0.4, -0.2) is 25.9 Å². The lowest BCUT2D eigenvalue weighted by molar-refractivity contribution is 0.597. The van der Waals surface area contributed by atoms with Crippen molar-refractivity contribution in [2.45, 2.75) is 11.3 Å². The molecule has 114 valence electrons. The van der Waals surface area contributed by atoms with E-state index >= 15 is 0 Å². The highest BCUT2D eigenvalue weighted by Crippen LogP contribution is 2.29. The topological polar surface area (TPSA) is 83.5 Å². The summed E-state index contributed by atoms with van der Waals surface area (Å²) in [4.78, 5) is 4.07. The van der Waals surface area contributed by atoms with Gasteiger partial charge in [-0.15, -0.1) is 4.40 Å². The minimum atomic E-state index is -3.71. The Morgan fingerprint density at radius 1 is 1.18 bits per heavy atom. The molecule has 0 radical (unpaired) electrons. The first-order chi connectivity index (χ1) is 10.5. The van der Waals surface area contributed by atoms with Gasteiger partial charge in [-0.2, -0.15) is 8.42 Å². The monoisotopic (exact) mass is 336 g/mol. The summed E-state index contributed by atoms with van der Waals surface area (Å²) in [6.45, 7) is 0.543. The van der Waals surface area contributed by atoms with Crippen LogP contribution < -0.4 is 10.6 Å². The van der Waals surface area contributed by atoms with Crippen molar-refractivity contribution in [3.63, 3.8) is 0 Å². The number of pyridine rings is 1. The minimum Gasteiger partial charge on any atom is -0.355 e. The Morgan fingerprint density at radius 2 is 1.95 bits per heavy atom. The van der Waals surface area contributed by atoms with Gasteiger partial charge in [0.2, 0.25) is 5.96 Å². The van der Waals surface area contributed by atoms with Gasteiger partial charge in [0.05, 0.1) is 5.69 Å². The number of aromatic nitrogens is 1. The normalized spacial score (nSPS) is 15.4. The van der Waals surface area contributed by atoms with Crippen LogP contribution in [0.25, 0.3) is 0 Å². The summed E-state index contributed by atoms with van der Waals surface area (Å²) < 4.78 is 27.9.